The topological polar surface area (TPSA) is 85.3 Å². The Kier molecular flexibility index (Phi) is 8.50. The van der Waals surface area contributed by atoms with Crippen LogP contribution in [0.2, 0.25) is 0 Å². The van der Waals surface area contributed by atoms with Crippen LogP contribution < -0.4 is 9.47 Å². The van der Waals surface area contributed by atoms with Crippen LogP contribution in [0.3, 0.4) is 0 Å². The van der Waals surface area contributed by atoms with Gasteiger partial charge in [0.2, 0.25) is 0 Å². The molecule has 1 aliphatic heterocycles. The van der Waals surface area contributed by atoms with Gasteiger partial charge in [-0.2, -0.15) is 0 Å². The maximum absolute atomic E-state index is 12.2. The molecule has 1 unspecified atom stereocenters. The van der Waals surface area contributed by atoms with Crippen LogP contribution in [0.5, 0.6) is 11.5 Å². The molecule has 3 rings (SSSR count). The van der Waals surface area contributed by atoms with E-state index in [4.69, 9.17) is 19.3 Å². The lowest BCUT2D eigenvalue weighted by Gasteiger charge is -2.36. The molecule has 1 atom stereocenters. The maximum atomic E-state index is 12.2. The van der Waals surface area contributed by atoms with Crippen molar-refractivity contribution in [1.82, 2.24) is 4.90 Å². The minimum Gasteiger partial charge on any atom is -0.493 e. The molecule has 1 aliphatic rings. The number of hydrogen-bond donors (Lipinski definition) is 1. The molecule has 0 saturated carbocycles. The van der Waals surface area contributed by atoms with Crippen LogP contribution >= 0.6 is 0 Å². The van der Waals surface area contributed by atoms with E-state index in [-0.39, 0.29) is 12.0 Å². The van der Waals surface area contributed by atoms with E-state index in [1.165, 1.54) is 5.56 Å². The van der Waals surface area contributed by atoms with E-state index in [2.05, 4.69) is 17.0 Å². The van der Waals surface area contributed by atoms with Crippen LogP contribution in [-0.2, 0) is 27.3 Å². The molecule has 32 heavy (non-hydrogen) atoms. The second kappa shape index (κ2) is 11.5. The highest BCUT2D eigenvalue weighted by Crippen LogP contribution is 2.31. The summed E-state index contributed by atoms with van der Waals surface area (Å²) in [5.74, 6) is -0.483. The Labute approximate surface area is 188 Å². The van der Waals surface area contributed by atoms with Crippen molar-refractivity contribution in [3.8, 4) is 11.5 Å². The van der Waals surface area contributed by atoms with Crippen molar-refractivity contribution in [2.45, 2.75) is 38.3 Å². The van der Waals surface area contributed by atoms with Crippen LogP contribution in [0, 0.1) is 5.92 Å². The third kappa shape index (κ3) is 6.72. The summed E-state index contributed by atoms with van der Waals surface area (Å²) in [6.45, 7) is 2.70. The predicted molar refractivity (Wildman–Crippen MR) is 120 cm³/mol. The summed E-state index contributed by atoms with van der Waals surface area (Å²) in [7, 11) is 3.16. The smallest absolute Gasteiger partial charge is 0.317 e. The van der Waals surface area contributed by atoms with Crippen molar-refractivity contribution in [2.24, 2.45) is 5.92 Å². The molecule has 2 aromatic rings. The molecule has 1 fully saturated rings. The van der Waals surface area contributed by atoms with Crippen molar-refractivity contribution in [3.63, 3.8) is 0 Å². The van der Waals surface area contributed by atoms with Gasteiger partial charge in [0, 0.05) is 13.0 Å². The number of esters is 1. The summed E-state index contributed by atoms with van der Waals surface area (Å²) >= 11 is 0. The van der Waals surface area contributed by atoms with Crippen LogP contribution in [-0.4, -0.2) is 55.4 Å². The van der Waals surface area contributed by atoms with Gasteiger partial charge in [0.25, 0.3) is 0 Å². The van der Waals surface area contributed by atoms with Gasteiger partial charge in [0.05, 0.1) is 14.2 Å². The highest BCUT2D eigenvalue weighted by atomic mass is 16.5. The molecule has 0 aromatic heterocycles. The van der Waals surface area contributed by atoms with E-state index in [0.29, 0.717) is 17.9 Å². The fraction of sp³-hybridized carbons (Fsp3) is 0.440. The molecule has 1 heterocycles. The third-order valence-electron chi connectivity index (χ3n) is 5.87. The number of likely N-dealkylation sites (tertiary alicyclic amines) is 1. The number of carboxylic acid groups (broad SMARTS) is 1. The number of rotatable bonds is 10. The van der Waals surface area contributed by atoms with Gasteiger partial charge in [0.1, 0.15) is 12.5 Å². The number of methoxy groups -OCH3 is 2. The zero-order valence-corrected chi connectivity index (χ0v) is 18.7. The van der Waals surface area contributed by atoms with E-state index >= 15 is 0 Å². The molecule has 2 aromatic carbocycles. The normalized spacial score (nSPS) is 15.7. The van der Waals surface area contributed by atoms with Crippen molar-refractivity contribution in [3.05, 3.63) is 59.7 Å². The first-order chi connectivity index (χ1) is 15.5. The van der Waals surface area contributed by atoms with Crippen molar-refractivity contribution >= 4 is 11.9 Å². The van der Waals surface area contributed by atoms with Crippen molar-refractivity contribution in [2.75, 3.05) is 27.3 Å². The van der Waals surface area contributed by atoms with Gasteiger partial charge in [-0.15, -0.1) is 0 Å². The first-order valence-corrected chi connectivity index (χ1v) is 10.9. The highest BCUT2D eigenvalue weighted by molar-refractivity contribution is 5.90. The first-order valence-electron chi connectivity index (χ1n) is 10.9. The standard InChI is InChI=1S/C25H31NO6/c1-30-21-9-8-19(15-23(21)31-2)14-22(32-25(29)16-24(27)28)20-10-12-26(13-11-20)17-18-6-4-3-5-7-18/h3-9,15,20,22H,10-14,16-17H2,1-2H3,(H,27,28). The molecular weight excluding hydrogens is 410 g/mol. The largest absolute Gasteiger partial charge is 0.493 e. The predicted octanol–water partition coefficient (Wildman–Crippen LogP) is 3.55. The SMILES string of the molecule is COc1ccc(CC(OC(=O)CC(=O)O)C2CCN(Cc3ccccc3)CC2)cc1OC. The fourth-order valence-electron chi connectivity index (χ4n) is 4.20. The van der Waals surface area contributed by atoms with E-state index in [9.17, 15) is 9.59 Å². The molecule has 7 nitrogen and oxygen atoms in total. The Morgan fingerprint density at radius 3 is 2.31 bits per heavy atom. The summed E-state index contributed by atoms with van der Waals surface area (Å²) in [5, 5.41) is 8.96. The lowest BCUT2D eigenvalue weighted by molar-refractivity contribution is -0.158. The summed E-state index contributed by atoms with van der Waals surface area (Å²) < 4.78 is 16.4. The minimum atomic E-state index is -1.18. The van der Waals surface area contributed by atoms with Gasteiger partial charge in [-0.05, 0) is 55.1 Å². The summed E-state index contributed by atoms with van der Waals surface area (Å²) in [4.78, 5) is 25.5. The Hall–Kier alpha value is -3.06. The lowest BCUT2D eigenvalue weighted by Crippen LogP contribution is -2.40. The summed E-state index contributed by atoms with van der Waals surface area (Å²) in [6.07, 6.45) is 1.24. The zero-order chi connectivity index (χ0) is 22.9. The Bertz CT molecular complexity index is 893. The molecule has 0 spiro atoms. The Morgan fingerprint density at radius 1 is 1.00 bits per heavy atom. The Balaban J connectivity index is 1.67. The third-order valence-corrected chi connectivity index (χ3v) is 5.87. The summed E-state index contributed by atoms with van der Waals surface area (Å²) in [6, 6.07) is 16.0. The molecule has 0 radical (unpaired) electrons. The van der Waals surface area contributed by atoms with Crippen molar-refractivity contribution < 1.29 is 28.9 Å². The lowest BCUT2D eigenvalue weighted by atomic mass is 9.87. The van der Waals surface area contributed by atoms with Crippen LogP contribution in [0.15, 0.2) is 48.5 Å². The molecule has 7 heteroatoms. The van der Waals surface area contributed by atoms with Gasteiger partial charge < -0.3 is 19.3 Å². The van der Waals surface area contributed by atoms with Crippen molar-refractivity contribution in [1.29, 1.82) is 0 Å². The van der Waals surface area contributed by atoms with Crippen LogP contribution in [0.1, 0.15) is 30.4 Å². The van der Waals surface area contributed by atoms with Crippen LogP contribution in [0.4, 0.5) is 0 Å². The number of piperidine rings is 1. The number of aliphatic carboxylic acids is 1. The molecule has 172 valence electrons. The number of nitrogens with zero attached hydrogens (tertiary/aromatic N) is 1. The van der Waals surface area contributed by atoms with E-state index in [1.54, 1.807) is 14.2 Å². The Morgan fingerprint density at radius 2 is 1.69 bits per heavy atom. The van der Waals surface area contributed by atoms with E-state index < -0.39 is 18.4 Å². The van der Waals surface area contributed by atoms with Gasteiger partial charge >= 0.3 is 11.9 Å². The zero-order valence-electron chi connectivity index (χ0n) is 18.7. The molecular formula is C25H31NO6. The first kappa shape index (κ1) is 23.6. The molecule has 0 amide bonds. The quantitative estimate of drug-likeness (QED) is 0.446. The number of ether oxygens (including phenoxy) is 3. The van der Waals surface area contributed by atoms with E-state index in [0.717, 1.165) is 38.0 Å². The number of carboxylic acids is 1. The number of carbonyl (C=O) groups excluding carboxylic acids is 1. The van der Waals surface area contributed by atoms with Gasteiger partial charge in [0.15, 0.2) is 11.5 Å². The number of hydrogen-bond acceptors (Lipinski definition) is 6. The fourth-order valence-corrected chi connectivity index (χ4v) is 4.20. The van der Waals surface area contributed by atoms with Gasteiger partial charge in [-0.25, -0.2) is 0 Å². The second-order valence-electron chi connectivity index (χ2n) is 8.09. The molecule has 1 N–H and O–H groups in total. The van der Waals surface area contributed by atoms with Gasteiger partial charge in [-0.3, -0.25) is 14.5 Å². The van der Waals surface area contributed by atoms with Crippen LogP contribution in [0.25, 0.3) is 0 Å². The minimum absolute atomic E-state index is 0.160. The molecule has 1 saturated heterocycles. The average Bonchev–Trinajstić information content (AvgIpc) is 2.79. The highest BCUT2D eigenvalue weighted by Gasteiger charge is 2.30. The molecule has 0 bridgehead atoms. The summed E-state index contributed by atoms with van der Waals surface area (Å²) in [5.41, 5.74) is 2.23. The number of benzene rings is 2. The van der Waals surface area contributed by atoms with E-state index in [1.807, 2.05) is 36.4 Å². The second-order valence-corrected chi connectivity index (χ2v) is 8.09. The van der Waals surface area contributed by atoms with Gasteiger partial charge in [-0.1, -0.05) is 36.4 Å². The maximum Gasteiger partial charge on any atom is 0.317 e. The monoisotopic (exact) mass is 441 g/mol. The number of carbonyl (C=O) groups is 2. The molecule has 0 aliphatic carbocycles. The average molecular weight is 442 g/mol.